The van der Waals surface area contributed by atoms with Crippen LogP contribution in [0.1, 0.15) is 66.2 Å². The second-order valence-corrected chi connectivity index (χ2v) is 6.28. The van der Waals surface area contributed by atoms with Crippen LogP contribution >= 0.6 is 0 Å². The first-order valence-electron chi connectivity index (χ1n) is 8.69. The third-order valence-corrected chi connectivity index (χ3v) is 4.01. The first-order valence-corrected chi connectivity index (χ1v) is 8.69. The molecule has 1 aliphatic rings. The maximum absolute atomic E-state index is 4.03. The van der Waals surface area contributed by atoms with Gasteiger partial charge >= 0.3 is 0 Å². The highest BCUT2D eigenvalue weighted by molar-refractivity contribution is 4.94. The molecule has 2 heteroatoms. The van der Waals surface area contributed by atoms with E-state index in [2.05, 4.69) is 30.6 Å². The van der Waals surface area contributed by atoms with Gasteiger partial charge in [0, 0.05) is 25.8 Å². The zero-order valence-corrected chi connectivity index (χ0v) is 14.7. The zero-order valence-electron chi connectivity index (χ0n) is 14.7. The molecule has 0 aliphatic carbocycles. The minimum atomic E-state index is 0.867. The lowest BCUT2D eigenvalue weighted by molar-refractivity contribution is 0.176. The topological polar surface area (TPSA) is 15.3 Å². The molecule has 2 nitrogen and oxygen atoms in total. The first-order chi connectivity index (χ1) is 9.61. The van der Waals surface area contributed by atoms with E-state index < -0.39 is 0 Å². The molecule has 0 aromatic rings. The molecule has 1 N–H and O–H groups in total. The van der Waals surface area contributed by atoms with Crippen molar-refractivity contribution in [2.45, 2.75) is 66.2 Å². The van der Waals surface area contributed by atoms with Crippen LogP contribution in [0.3, 0.4) is 0 Å². The number of likely N-dealkylation sites (tertiary alicyclic amines) is 1. The molecule has 0 aromatic carbocycles. The van der Waals surface area contributed by atoms with Crippen LogP contribution in [0.15, 0.2) is 12.3 Å². The molecule has 1 rings (SSSR count). The van der Waals surface area contributed by atoms with Crippen molar-refractivity contribution in [2.75, 3.05) is 26.7 Å². The van der Waals surface area contributed by atoms with E-state index in [1.165, 1.54) is 51.6 Å². The monoisotopic (exact) mass is 282 g/mol. The average Bonchev–Trinajstić information content (AvgIpc) is 2.46. The van der Waals surface area contributed by atoms with Crippen LogP contribution in [0.2, 0.25) is 0 Å². The molecular formula is C18H38N2. The Labute approximate surface area is 128 Å². The van der Waals surface area contributed by atoms with Gasteiger partial charge in [0.25, 0.3) is 0 Å². The summed E-state index contributed by atoms with van der Waals surface area (Å²) in [5, 5.41) is 3.16. The van der Waals surface area contributed by atoms with Gasteiger partial charge < -0.3 is 5.32 Å². The van der Waals surface area contributed by atoms with Crippen molar-refractivity contribution in [3.63, 3.8) is 0 Å². The molecule has 1 aliphatic heterocycles. The van der Waals surface area contributed by atoms with Crippen LogP contribution in [-0.2, 0) is 0 Å². The summed E-state index contributed by atoms with van der Waals surface area (Å²) in [6.45, 7) is 16.2. The molecular weight excluding hydrogens is 244 g/mol. The summed E-state index contributed by atoms with van der Waals surface area (Å²) in [5.41, 5.74) is 1.15. The minimum Gasteiger partial charge on any atom is -0.391 e. The molecule has 0 bridgehead atoms. The van der Waals surface area contributed by atoms with Gasteiger partial charge in [-0.05, 0) is 37.6 Å². The van der Waals surface area contributed by atoms with Crippen molar-refractivity contribution in [3.05, 3.63) is 12.3 Å². The van der Waals surface area contributed by atoms with Gasteiger partial charge in [-0.15, -0.1) is 0 Å². The van der Waals surface area contributed by atoms with Crippen molar-refractivity contribution in [1.82, 2.24) is 10.2 Å². The lowest BCUT2D eigenvalue weighted by Crippen LogP contribution is -2.38. The third kappa shape index (κ3) is 9.41. The highest BCUT2D eigenvalue weighted by Crippen LogP contribution is 2.22. The average molecular weight is 283 g/mol. The Kier molecular flexibility index (Phi) is 12.0. The normalized spacial score (nSPS) is 19.4. The molecule has 1 saturated heterocycles. The van der Waals surface area contributed by atoms with Crippen LogP contribution in [-0.4, -0.2) is 31.6 Å². The quantitative estimate of drug-likeness (QED) is 0.651. The van der Waals surface area contributed by atoms with E-state index in [9.17, 15) is 0 Å². The second kappa shape index (κ2) is 12.3. The Balaban J connectivity index is 0.00000172. The Hall–Kier alpha value is -0.500. The van der Waals surface area contributed by atoms with E-state index in [-0.39, 0.29) is 0 Å². The van der Waals surface area contributed by atoms with Gasteiger partial charge in [0.05, 0.1) is 0 Å². The highest BCUT2D eigenvalue weighted by atomic mass is 15.1. The Bertz CT molecular complexity index is 236. The molecule has 0 aromatic heterocycles. The molecule has 20 heavy (non-hydrogen) atoms. The fourth-order valence-corrected chi connectivity index (χ4v) is 2.87. The smallest absolute Gasteiger partial charge is 0.0375 e. The van der Waals surface area contributed by atoms with E-state index in [0.717, 1.165) is 24.1 Å². The number of nitrogens with zero attached hydrogens (tertiary/aromatic N) is 1. The number of hydrogen-bond donors (Lipinski definition) is 1. The van der Waals surface area contributed by atoms with Gasteiger partial charge in [-0.25, -0.2) is 0 Å². The van der Waals surface area contributed by atoms with Crippen molar-refractivity contribution < 1.29 is 0 Å². The molecule has 0 spiro atoms. The highest BCUT2D eigenvalue weighted by Gasteiger charge is 2.19. The van der Waals surface area contributed by atoms with Gasteiger partial charge in [-0.3, -0.25) is 4.90 Å². The SMILES string of the molecule is C=C(CN1CCCC(CCCCC(C)C)C1)NC.CC. The molecule has 0 saturated carbocycles. The number of likely N-dealkylation sites (N-methyl/N-ethyl adjacent to an activating group) is 1. The zero-order chi connectivity index (χ0) is 15.4. The maximum atomic E-state index is 4.03. The summed E-state index contributed by atoms with van der Waals surface area (Å²) in [6.07, 6.45) is 8.46. The molecule has 0 amide bonds. The Morgan fingerprint density at radius 2 is 2.00 bits per heavy atom. The van der Waals surface area contributed by atoms with Crippen LogP contribution in [0.5, 0.6) is 0 Å². The summed E-state index contributed by atoms with van der Waals surface area (Å²) in [5.74, 6) is 1.79. The molecule has 120 valence electrons. The van der Waals surface area contributed by atoms with E-state index >= 15 is 0 Å². The van der Waals surface area contributed by atoms with Crippen molar-refractivity contribution in [3.8, 4) is 0 Å². The molecule has 1 heterocycles. The van der Waals surface area contributed by atoms with Crippen LogP contribution in [0.25, 0.3) is 0 Å². The maximum Gasteiger partial charge on any atom is 0.0375 e. The summed E-state index contributed by atoms with van der Waals surface area (Å²) < 4.78 is 0. The predicted molar refractivity (Wildman–Crippen MR) is 92.0 cm³/mol. The first kappa shape index (κ1) is 19.5. The van der Waals surface area contributed by atoms with Crippen LogP contribution < -0.4 is 5.32 Å². The fourth-order valence-electron chi connectivity index (χ4n) is 2.87. The van der Waals surface area contributed by atoms with Crippen LogP contribution in [0, 0.1) is 11.8 Å². The summed E-state index contributed by atoms with van der Waals surface area (Å²) in [4.78, 5) is 2.56. The van der Waals surface area contributed by atoms with Crippen molar-refractivity contribution >= 4 is 0 Å². The number of unbranched alkanes of at least 4 members (excludes halogenated alkanes) is 1. The van der Waals surface area contributed by atoms with Gasteiger partial charge in [-0.1, -0.05) is 53.5 Å². The van der Waals surface area contributed by atoms with E-state index in [1.807, 2.05) is 20.9 Å². The van der Waals surface area contributed by atoms with Gasteiger partial charge in [0.2, 0.25) is 0 Å². The van der Waals surface area contributed by atoms with E-state index in [1.54, 1.807) is 0 Å². The van der Waals surface area contributed by atoms with E-state index in [4.69, 9.17) is 0 Å². The van der Waals surface area contributed by atoms with Gasteiger partial charge in [0.15, 0.2) is 0 Å². The Morgan fingerprint density at radius 1 is 1.30 bits per heavy atom. The third-order valence-electron chi connectivity index (χ3n) is 4.01. The summed E-state index contributed by atoms with van der Waals surface area (Å²) >= 11 is 0. The number of piperidine rings is 1. The predicted octanol–water partition coefficient (Wildman–Crippen LogP) is 4.67. The number of nitrogens with one attached hydrogen (secondary N) is 1. The standard InChI is InChI=1S/C16H32N2.C2H6/c1-14(2)8-5-6-9-16-10-7-11-18(13-16)12-15(3)17-4;1-2/h14,16-17H,3,5-13H2,1-2,4H3;1-2H3. The second-order valence-electron chi connectivity index (χ2n) is 6.28. The molecule has 1 fully saturated rings. The van der Waals surface area contributed by atoms with Gasteiger partial charge in [0.1, 0.15) is 0 Å². The molecule has 1 atom stereocenters. The van der Waals surface area contributed by atoms with Gasteiger partial charge in [-0.2, -0.15) is 0 Å². The van der Waals surface area contributed by atoms with Crippen molar-refractivity contribution in [2.24, 2.45) is 11.8 Å². The van der Waals surface area contributed by atoms with Crippen molar-refractivity contribution in [1.29, 1.82) is 0 Å². The summed E-state index contributed by atoms with van der Waals surface area (Å²) in [6, 6.07) is 0. The number of hydrogen-bond acceptors (Lipinski definition) is 2. The lowest BCUT2D eigenvalue weighted by Gasteiger charge is -2.33. The largest absolute Gasteiger partial charge is 0.391 e. The van der Waals surface area contributed by atoms with E-state index in [0.29, 0.717) is 0 Å². The Morgan fingerprint density at radius 3 is 2.60 bits per heavy atom. The van der Waals surface area contributed by atoms with Crippen LogP contribution in [0.4, 0.5) is 0 Å². The number of rotatable bonds is 8. The summed E-state index contributed by atoms with van der Waals surface area (Å²) in [7, 11) is 1.97. The fraction of sp³-hybridized carbons (Fsp3) is 0.889. The minimum absolute atomic E-state index is 0.867. The molecule has 1 unspecified atom stereocenters. The molecule has 0 radical (unpaired) electrons. The lowest BCUT2D eigenvalue weighted by atomic mass is 9.91.